The van der Waals surface area contributed by atoms with Gasteiger partial charge in [0.15, 0.2) is 0 Å². The van der Waals surface area contributed by atoms with E-state index in [1.807, 2.05) is 25.1 Å². The molecule has 3 aromatic carbocycles. The van der Waals surface area contributed by atoms with Gasteiger partial charge in [0, 0.05) is 18.1 Å². The monoisotopic (exact) mass is 483 g/mol. The molecule has 0 aliphatic carbocycles. The van der Waals surface area contributed by atoms with Crippen molar-refractivity contribution in [3.8, 4) is 0 Å². The first-order valence-electron chi connectivity index (χ1n) is 9.88. The van der Waals surface area contributed by atoms with E-state index >= 15 is 0 Å². The van der Waals surface area contributed by atoms with Crippen LogP contribution >= 0.6 is 11.6 Å². The Morgan fingerprint density at radius 3 is 2.48 bits per heavy atom. The van der Waals surface area contributed by atoms with Gasteiger partial charge in [-0.2, -0.15) is 0 Å². The molecule has 0 saturated heterocycles. The number of fused-ring (bicyclic) bond motifs is 1. The first-order valence-corrected chi connectivity index (χ1v) is 11.7. The first-order chi connectivity index (χ1) is 15.7. The van der Waals surface area contributed by atoms with Crippen LogP contribution < -0.4 is 9.62 Å². The highest BCUT2D eigenvalue weighted by atomic mass is 35.5. The Morgan fingerprint density at radius 2 is 1.76 bits per heavy atom. The van der Waals surface area contributed by atoms with Crippen molar-refractivity contribution in [1.29, 1.82) is 0 Å². The fourth-order valence-corrected chi connectivity index (χ4v) is 4.75. The fourth-order valence-electron chi connectivity index (χ4n) is 3.32. The van der Waals surface area contributed by atoms with Crippen molar-refractivity contribution >= 4 is 49.8 Å². The summed E-state index contributed by atoms with van der Waals surface area (Å²) in [4.78, 5) is 17.4. The van der Waals surface area contributed by atoms with Gasteiger partial charge in [0.1, 0.15) is 5.82 Å². The van der Waals surface area contributed by atoms with Crippen LogP contribution in [-0.4, -0.2) is 26.4 Å². The number of sulfonamides is 1. The summed E-state index contributed by atoms with van der Waals surface area (Å²) in [5, 5.41) is 3.73. The summed E-state index contributed by atoms with van der Waals surface area (Å²) in [6.07, 6.45) is 0. The second-order valence-corrected chi connectivity index (χ2v) is 9.75. The van der Waals surface area contributed by atoms with Crippen molar-refractivity contribution < 1.29 is 17.6 Å². The van der Waals surface area contributed by atoms with Gasteiger partial charge in [0.2, 0.25) is 0 Å². The van der Waals surface area contributed by atoms with Crippen LogP contribution in [0.5, 0.6) is 0 Å². The van der Waals surface area contributed by atoms with Crippen molar-refractivity contribution in [2.24, 2.45) is 0 Å². The normalized spacial score (nSPS) is 11.4. The van der Waals surface area contributed by atoms with Gasteiger partial charge in [0.25, 0.3) is 15.9 Å². The van der Waals surface area contributed by atoms with Crippen molar-refractivity contribution in [3.05, 3.63) is 94.9 Å². The van der Waals surface area contributed by atoms with Crippen LogP contribution in [0.3, 0.4) is 0 Å². The molecule has 0 aliphatic heterocycles. The van der Waals surface area contributed by atoms with E-state index in [1.165, 1.54) is 49.5 Å². The number of carbonyl (C=O) groups is 1. The number of amides is 1. The molecular weight excluding hydrogens is 465 g/mol. The van der Waals surface area contributed by atoms with Gasteiger partial charge in [0.05, 0.1) is 32.4 Å². The molecule has 0 fully saturated rings. The standard InChI is InChI=1S/C24H19ClFN3O3S/c1-15-6-7-16-4-3-5-22(23(16)27-15)28-24(30)20-14-19(12-13-21(20)25)33(31,32)29(2)18-10-8-17(26)9-11-18/h3-14H,1-2H3,(H,28,30). The number of rotatable bonds is 5. The third kappa shape index (κ3) is 4.53. The number of aromatic nitrogens is 1. The number of hydrogen-bond acceptors (Lipinski definition) is 4. The smallest absolute Gasteiger partial charge is 0.264 e. The van der Waals surface area contributed by atoms with E-state index in [0.717, 1.165) is 15.4 Å². The number of aryl methyl sites for hydroxylation is 1. The Morgan fingerprint density at radius 1 is 1.03 bits per heavy atom. The lowest BCUT2D eigenvalue weighted by Gasteiger charge is -2.20. The van der Waals surface area contributed by atoms with Crippen LogP contribution in [0.4, 0.5) is 15.8 Å². The molecule has 6 nitrogen and oxygen atoms in total. The summed E-state index contributed by atoms with van der Waals surface area (Å²) in [6, 6.07) is 18.1. The number of pyridine rings is 1. The molecule has 0 aliphatic rings. The third-order valence-corrected chi connectivity index (χ3v) is 7.25. The molecule has 0 unspecified atom stereocenters. The van der Waals surface area contributed by atoms with Gasteiger partial charge in [-0.3, -0.25) is 14.1 Å². The molecule has 0 bridgehead atoms. The lowest BCUT2D eigenvalue weighted by Crippen LogP contribution is -2.27. The minimum absolute atomic E-state index is 0.00472. The maximum Gasteiger partial charge on any atom is 0.264 e. The zero-order valence-electron chi connectivity index (χ0n) is 17.7. The molecule has 1 amide bonds. The van der Waals surface area contributed by atoms with Crippen LogP contribution in [0.25, 0.3) is 10.9 Å². The number of anilines is 2. The fraction of sp³-hybridized carbons (Fsp3) is 0.0833. The molecule has 4 aromatic rings. The van der Waals surface area contributed by atoms with Gasteiger partial charge >= 0.3 is 0 Å². The highest BCUT2D eigenvalue weighted by Gasteiger charge is 2.24. The predicted octanol–water partition coefficient (Wildman–Crippen LogP) is 5.41. The molecule has 9 heteroatoms. The Kier molecular flexibility index (Phi) is 6.05. The molecule has 1 heterocycles. The minimum Gasteiger partial charge on any atom is -0.320 e. The summed E-state index contributed by atoms with van der Waals surface area (Å²) in [6.45, 7) is 1.85. The largest absolute Gasteiger partial charge is 0.320 e. The van der Waals surface area contributed by atoms with Crippen molar-refractivity contribution in [1.82, 2.24) is 4.98 Å². The quantitative estimate of drug-likeness (QED) is 0.411. The summed E-state index contributed by atoms with van der Waals surface area (Å²) in [5.41, 5.74) is 2.15. The Labute approximate surface area is 195 Å². The van der Waals surface area contributed by atoms with Crippen LogP contribution in [0.15, 0.2) is 77.7 Å². The molecule has 0 atom stereocenters. The molecule has 0 spiro atoms. The van der Waals surface area contributed by atoms with E-state index in [0.29, 0.717) is 11.2 Å². The van der Waals surface area contributed by atoms with Crippen molar-refractivity contribution in [3.63, 3.8) is 0 Å². The molecule has 4 rings (SSSR count). The average molecular weight is 484 g/mol. The number of halogens is 2. The maximum atomic E-state index is 13.2. The number of para-hydroxylation sites is 1. The Hall–Kier alpha value is -3.49. The average Bonchev–Trinajstić information content (AvgIpc) is 2.79. The third-order valence-electron chi connectivity index (χ3n) is 5.14. The number of hydrogen-bond donors (Lipinski definition) is 1. The highest BCUT2D eigenvalue weighted by Crippen LogP contribution is 2.28. The Balaban J connectivity index is 1.68. The zero-order valence-corrected chi connectivity index (χ0v) is 19.3. The number of carbonyl (C=O) groups excluding carboxylic acids is 1. The topological polar surface area (TPSA) is 79.4 Å². The van der Waals surface area contributed by atoms with Gasteiger partial charge in [-0.05, 0) is 61.5 Å². The van der Waals surface area contributed by atoms with Gasteiger partial charge < -0.3 is 5.32 Å². The van der Waals surface area contributed by atoms with E-state index in [4.69, 9.17) is 11.6 Å². The number of nitrogens with one attached hydrogen (secondary N) is 1. The van der Waals surface area contributed by atoms with E-state index in [2.05, 4.69) is 10.3 Å². The number of nitrogens with zero attached hydrogens (tertiary/aromatic N) is 2. The van der Waals surface area contributed by atoms with E-state index in [9.17, 15) is 17.6 Å². The van der Waals surface area contributed by atoms with Crippen molar-refractivity contribution in [2.45, 2.75) is 11.8 Å². The summed E-state index contributed by atoms with van der Waals surface area (Å²) in [7, 11) is -2.68. The molecule has 0 saturated carbocycles. The van der Waals surface area contributed by atoms with E-state index in [1.54, 1.807) is 12.1 Å². The van der Waals surface area contributed by atoms with E-state index in [-0.39, 0.29) is 21.2 Å². The van der Waals surface area contributed by atoms with Crippen LogP contribution in [-0.2, 0) is 10.0 Å². The first kappa shape index (κ1) is 22.7. The molecular formula is C24H19ClFN3O3S. The maximum absolute atomic E-state index is 13.2. The van der Waals surface area contributed by atoms with Gasteiger partial charge in [-0.15, -0.1) is 0 Å². The SMILES string of the molecule is Cc1ccc2cccc(NC(=O)c3cc(S(=O)(=O)N(C)c4ccc(F)cc4)ccc3Cl)c2n1. The molecule has 33 heavy (non-hydrogen) atoms. The lowest BCUT2D eigenvalue weighted by atomic mass is 10.1. The van der Waals surface area contributed by atoms with E-state index < -0.39 is 21.7 Å². The molecule has 1 N–H and O–H groups in total. The van der Waals surface area contributed by atoms with Gasteiger partial charge in [-0.25, -0.2) is 12.8 Å². The molecule has 1 aromatic heterocycles. The van der Waals surface area contributed by atoms with Crippen LogP contribution in [0.1, 0.15) is 16.1 Å². The molecule has 168 valence electrons. The summed E-state index contributed by atoms with van der Waals surface area (Å²) < 4.78 is 40.5. The lowest BCUT2D eigenvalue weighted by molar-refractivity contribution is 0.102. The Bertz CT molecular complexity index is 1470. The second kappa shape index (κ2) is 8.80. The molecule has 0 radical (unpaired) electrons. The van der Waals surface area contributed by atoms with Gasteiger partial charge in [-0.1, -0.05) is 29.8 Å². The minimum atomic E-state index is -4.03. The summed E-state index contributed by atoms with van der Waals surface area (Å²) >= 11 is 6.24. The highest BCUT2D eigenvalue weighted by molar-refractivity contribution is 7.92. The predicted molar refractivity (Wildman–Crippen MR) is 128 cm³/mol. The van der Waals surface area contributed by atoms with Crippen LogP contribution in [0.2, 0.25) is 5.02 Å². The van der Waals surface area contributed by atoms with Crippen LogP contribution in [0, 0.1) is 12.7 Å². The van der Waals surface area contributed by atoms with Crippen molar-refractivity contribution in [2.75, 3.05) is 16.7 Å². The zero-order chi connectivity index (χ0) is 23.8. The second-order valence-electron chi connectivity index (χ2n) is 7.37. The summed E-state index contributed by atoms with van der Waals surface area (Å²) in [5.74, 6) is -1.05. The number of benzene rings is 3.